The minimum Gasteiger partial charge on any atom is -0.368 e. The highest BCUT2D eigenvalue weighted by Gasteiger charge is 2.62. The van der Waals surface area contributed by atoms with Gasteiger partial charge in [0.15, 0.2) is 12.1 Å². The summed E-state index contributed by atoms with van der Waals surface area (Å²) in [5.74, 6) is -0.781. The van der Waals surface area contributed by atoms with Crippen molar-refractivity contribution in [1.82, 2.24) is 0 Å². The topological polar surface area (TPSA) is 47.9 Å². The predicted octanol–water partition coefficient (Wildman–Crippen LogP) is 1.61. The van der Waals surface area contributed by atoms with Gasteiger partial charge in [0.25, 0.3) is 0 Å². The molecule has 2 saturated heterocycles. The summed E-state index contributed by atoms with van der Waals surface area (Å²) < 4.78 is 17.4. The number of aliphatic hydroxyl groups is 1. The zero-order valence-electron chi connectivity index (χ0n) is 10.7. The molecule has 18 heavy (non-hydrogen) atoms. The van der Waals surface area contributed by atoms with Crippen LogP contribution in [0.1, 0.15) is 19.8 Å². The van der Waals surface area contributed by atoms with Crippen LogP contribution in [-0.2, 0) is 14.2 Å². The van der Waals surface area contributed by atoms with Gasteiger partial charge in [0.05, 0.1) is 19.3 Å². The monoisotopic (exact) mass is 252 g/mol. The Morgan fingerprint density at radius 1 is 1.44 bits per heavy atom. The lowest BCUT2D eigenvalue weighted by Gasteiger charge is -2.56. The van der Waals surface area contributed by atoms with Gasteiger partial charge in [0.2, 0.25) is 0 Å². The molecule has 0 aromatic carbocycles. The number of ether oxygens (including phenoxy) is 3. The Morgan fingerprint density at radius 3 is 2.83 bits per heavy atom. The van der Waals surface area contributed by atoms with E-state index in [2.05, 4.69) is 6.58 Å². The van der Waals surface area contributed by atoms with Gasteiger partial charge in [-0.3, -0.25) is 0 Å². The first-order valence-corrected chi connectivity index (χ1v) is 6.55. The standard InChI is InChI=1S/C14H20O4/c1-3-5-13-9-11(18-12(15)10(13)2)4-6-14(13)16-7-8-17-14/h3-4,6,10-12,15H,1,5,7-9H2,2H3. The lowest BCUT2D eigenvalue weighted by Crippen LogP contribution is -2.61. The van der Waals surface area contributed by atoms with Crippen molar-refractivity contribution in [3.05, 3.63) is 24.8 Å². The molecule has 2 heterocycles. The fraction of sp³-hybridized carbons (Fsp3) is 0.714. The highest BCUT2D eigenvalue weighted by atomic mass is 16.7. The molecule has 0 aromatic heterocycles. The molecule has 0 aromatic rings. The molecule has 2 aliphatic heterocycles. The number of fused-ring (bicyclic) bond motifs is 3. The molecule has 0 radical (unpaired) electrons. The molecular formula is C14H20O4. The Morgan fingerprint density at radius 2 is 2.17 bits per heavy atom. The second-order valence-electron chi connectivity index (χ2n) is 5.43. The third-order valence-electron chi connectivity index (χ3n) is 4.63. The molecule has 4 heteroatoms. The summed E-state index contributed by atoms with van der Waals surface area (Å²) >= 11 is 0. The SMILES string of the molecule is C=CCC12CC(C=CC13OCCO3)OC(O)C2C. The van der Waals surface area contributed by atoms with Gasteiger partial charge in [0.1, 0.15) is 0 Å². The highest BCUT2D eigenvalue weighted by molar-refractivity contribution is 5.20. The van der Waals surface area contributed by atoms with Crippen molar-refractivity contribution in [2.24, 2.45) is 11.3 Å². The van der Waals surface area contributed by atoms with Crippen LogP contribution in [0.4, 0.5) is 0 Å². The van der Waals surface area contributed by atoms with Gasteiger partial charge in [-0.1, -0.05) is 19.1 Å². The highest BCUT2D eigenvalue weighted by Crippen LogP contribution is 2.57. The van der Waals surface area contributed by atoms with Gasteiger partial charge >= 0.3 is 0 Å². The maximum absolute atomic E-state index is 10.1. The second kappa shape index (κ2) is 4.17. The molecule has 1 aliphatic carbocycles. The van der Waals surface area contributed by atoms with E-state index in [1.54, 1.807) is 0 Å². The van der Waals surface area contributed by atoms with Crippen molar-refractivity contribution in [3.8, 4) is 0 Å². The molecule has 4 atom stereocenters. The smallest absolute Gasteiger partial charge is 0.194 e. The van der Waals surface area contributed by atoms with Crippen LogP contribution in [0, 0.1) is 11.3 Å². The first-order chi connectivity index (χ1) is 8.63. The van der Waals surface area contributed by atoms with E-state index < -0.39 is 12.1 Å². The van der Waals surface area contributed by atoms with Gasteiger partial charge < -0.3 is 19.3 Å². The molecule has 3 rings (SSSR count). The Balaban J connectivity index is 2.08. The Bertz CT molecular complexity index is 372. The summed E-state index contributed by atoms with van der Waals surface area (Å²) in [5.41, 5.74) is -0.289. The normalized spacial score (nSPS) is 45.3. The van der Waals surface area contributed by atoms with E-state index in [1.165, 1.54) is 0 Å². The summed E-state index contributed by atoms with van der Waals surface area (Å²) in [6, 6.07) is 0. The molecule has 100 valence electrons. The fourth-order valence-corrected chi connectivity index (χ4v) is 3.62. The predicted molar refractivity (Wildman–Crippen MR) is 65.7 cm³/mol. The molecule has 1 spiro atoms. The van der Waals surface area contributed by atoms with Gasteiger partial charge in [-0.25, -0.2) is 0 Å². The summed E-state index contributed by atoms with van der Waals surface area (Å²) in [6.45, 7) is 7.04. The molecular weight excluding hydrogens is 232 g/mol. The van der Waals surface area contributed by atoms with Crippen LogP contribution >= 0.6 is 0 Å². The number of rotatable bonds is 2. The summed E-state index contributed by atoms with van der Waals surface area (Å²) in [4.78, 5) is 0. The first kappa shape index (κ1) is 12.4. The summed E-state index contributed by atoms with van der Waals surface area (Å²) in [5, 5.41) is 10.1. The molecule has 4 unspecified atom stereocenters. The molecule has 2 bridgehead atoms. The van der Waals surface area contributed by atoms with Gasteiger partial charge in [-0.15, -0.1) is 6.58 Å². The summed E-state index contributed by atoms with van der Waals surface area (Å²) in [6.07, 6.45) is 6.51. The largest absolute Gasteiger partial charge is 0.368 e. The van der Waals surface area contributed by atoms with E-state index in [4.69, 9.17) is 14.2 Å². The Hall–Kier alpha value is -0.680. The van der Waals surface area contributed by atoms with Crippen LogP contribution in [-0.4, -0.2) is 36.5 Å². The van der Waals surface area contributed by atoms with E-state index in [9.17, 15) is 5.11 Å². The van der Waals surface area contributed by atoms with Gasteiger partial charge in [-0.2, -0.15) is 0 Å². The molecule has 2 fully saturated rings. The number of hydrogen-bond acceptors (Lipinski definition) is 4. The zero-order chi connectivity index (χ0) is 12.8. The van der Waals surface area contributed by atoms with Crippen molar-refractivity contribution in [3.63, 3.8) is 0 Å². The molecule has 3 aliphatic rings. The van der Waals surface area contributed by atoms with Crippen LogP contribution < -0.4 is 0 Å². The fourth-order valence-electron chi connectivity index (χ4n) is 3.62. The van der Waals surface area contributed by atoms with Crippen molar-refractivity contribution in [1.29, 1.82) is 0 Å². The third-order valence-corrected chi connectivity index (χ3v) is 4.63. The van der Waals surface area contributed by atoms with Gasteiger partial charge in [0, 0.05) is 11.3 Å². The maximum atomic E-state index is 10.1. The van der Waals surface area contributed by atoms with Crippen molar-refractivity contribution in [2.45, 2.75) is 37.9 Å². The van der Waals surface area contributed by atoms with Crippen molar-refractivity contribution < 1.29 is 19.3 Å². The Labute approximate surface area is 107 Å². The lowest BCUT2D eigenvalue weighted by atomic mass is 9.60. The van der Waals surface area contributed by atoms with Gasteiger partial charge in [-0.05, 0) is 18.9 Å². The molecule has 1 N–H and O–H groups in total. The second-order valence-corrected chi connectivity index (χ2v) is 5.43. The minimum absolute atomic E-state index is 0.0604. The van der Waals surface area contributed by atoms with Crippen molar-refractivity contribution >= 4 is 0 Å². The third kappa shape index (κ3) is 1.46. The van der Waals surface area contributed by atoms with Crippen LogP contribution in [0.15, 0.2) is 24.8 Å². The molecule has 0 saturated carbocycles. The average molecular weight is 252 g/mol. The van der Waals surface area contributed by atoms with Crippen LogP contribution in [0.5, 0.6) is 0 Å². The van der Waals surface area contributed by atoms with E-state index in [-0.39, 0.29) is 17.4 Å². The number of allylic oxidation sites excluding steroid dienone is 1. The number of aliphatic hydroxyl groups excluding tert-OH is 1. The van der Waals surface area contributed by atoms with E-state index in [0.717, 1.165) is 12.8 Å². The van der Waals surface area contributed by atoms with Crippen LogP contribution in [0.2, 0.25) is 0 Å². The lowest BCUT2D eigenvalue weighted by molar-refractivity contribution is -0.305. The Kier molecular flexibility index (Phi) is 2.86. The maximum Gasteiger partial charge on any atom is 0.194 e. The van der Waals surface area contributed by atoms with E-state index >= 15 is 0 Å². The summed E-state index contributed by atoms with van der Waals surface area (Å²) in [7, 11) is 0. The first-order valence-electron chi connectivity index (χ1n) is 6.55. The quantitative estimate of drug-likeness (QED) is 0.758. The number of hydrogen-bond donors (Lipinski definition) is 1. The van der Waals surface area contributed by atoms with E-state index in [1.807, 2.05) is 25.2 Å². The molecule has 0 amide bonds. The van der Waals surface area contributed by atoms with Crippen LogP contribution in [0.25, 0.3) is 0 Å². The van der Waals surface area contributed by atoms with Crippen LogP contribution in [0.3, 0.4) is 0 Å². The van der Waals surface area contributed by atoms with Crippen molar-refractivity contribution in [2.75, 3.05) is 13.2 Å². The minimum atomic E-state index is -0.779. The average Bonchev–Trinajstić information content (AvgIpc) is 2.82. The zero-order valence-corrected chi connectivity index (χ0v) is 10.7. The van der Waals surface area contributed by atoms with E-state index in [0.29, 0.717) is 13.2 Å². The molecule has 4 nitrogen and oxygen atoms in total.